The lowest BCUT2D eigenvalue weighted by Gasteiger charge is -2.14. The Morgan fingerprint density at radius 2 is 2.07 bits per heavy atom. The average Bonchev–Trinajstić information content (AvgIpc) is 3.41. The number of aromatic nitrogens is 2. The first-order valence-corrected chi connectivity index (χ1v) is 9.67. The Hall–Kier alpha value is -3.16. The molecule has 0 N–H and O–H groups in total. The molecule has 0 spiro atoms. The maximum Gasteiger partial charge on any atom is 0.281 e. The lowest BCUT2D eigenvalue weighted by atomic mass is 10.1. The molecule has 5 aromatic rings. The molecule has 4 heterocycles. The fourth-order valence-electron chi connectivity index (χ4n) is 3.16. The Labute approximate surface area is 165 Å². The molecule has 0 aliphatic heterocycles. The van der Waals surface area contributed by atoms with E-state index >= 15 is 0 Å². The summed E-state index contributed by atoms with van der Waals surface area (Å²) in [7, 11) is 2.06. The average molecular weight is 391 g/mol. The van der Waals surface area contributed by atoms with Gasteiger partial charge in [-0.15, -0.1) is 0 Å². The molecule has 0 aliphatic rings. The van der Waals surface area contributed by atoms with Gasteiger partial charge in [0.2, 0.25) is 0 Å². The number of hydrogen-bond donors (Lipinski definition) is 0. The number of pyridine rings is 1. The van der Waals surface area contributed by atoms with Crippen molar-refractivity contribution in [1.82, 2.24) is 14.9 Å². The van der Waals surface area contributed by atoms with Gasteiger partial charge in [-0.05, 0) is 43.4 Å². The molecule has 1 aromatic carbocycles. The predicted octanol–water partition coefficient (Wildman–Crippen LogP) is 5.45. The molecule has 4 aromatic heterocycles. The van der Waals surface area contributed by atoms with Crippen LogP contribution in [0.25, 0.3) is 21.3 Å². The minimum absolute atomic E-state index is 0.568. The molecule has 0 saturated heterocycles. The van der Waals surface area contributed by atoms with Gasteiger partial charge in [0.15, 0.2) is 5.65 Å². The summed E-state index contributed by atoms with van der Waals surface area (Å²) in [5.74, 6) is 1.63. The number of thiazole rings is 1. The van der Waals surface area contributed by atoms with E-state index in [1.165, 1.54) is 11.3 Å². The summed E-state index contributed by atoms with van der Waals surface area (Å²) in [4.78, 5) is 10.8. The van der Waals surface area contributed by atoms with E-state index in [-0.39, 0.29) is 0 Å². The molecule has 28 heavy (non-hydrogen) atoms. The van der Waals surface area contributed by atoms with Gasteiger partial charge in [-0.1, -0.05) is 11.3 Å². The minimum Gasteiger partial charge on any atom is -0.468 e. The van der Waals surface area contributed by atoms with Crippen molar-refractivity contribution in [3.8, 4) is 10.9 Å². The molecule has 5 rings (SSSR count). The van der Waals surface area contributed by atoms with Crippen LogP contribution in [0.5, 0.6) is 10.9 Å². The number of rotatable bonds is 6. The third-order valence-electron chi connectivity index (χ3n) is 4.42. The molecule has 0 saturated carbocycles. The Morgan fingerprint density at radius 3 is 2.93 bits per heavy atom. The van der Waals surface area contributed by atoms with E-state index in [1.807, 2.05) is 42.5 Å². The molecule has 0 atom stereocenters. The van der Waals surface area contributed by atoms with Crippen molar-refractivity contribution >= 4 is 32.7 Å². The van der Waals surface area contributed by atoms with E-state index in [4.69, 9.17) is 13.6 Å². The summed E-state index contributed by atoms with van der Waals surface area (Å²) in [6, 6.07) is 13.6. The Morgan fingerprint density at radius 1 is 1.11 bits per heavy atom. The van der Waals surface area contributed by atoms with Gasteiger partial charge in [-0.3, -0.25) is 4.90 Å². The van der Waals surface area contributed by atoms with Crippen LogP contribution in [0.4, 0.5) is 0 Å². The van der Waals surface area contributed by atoms with Gasteiger partial charge in [0, 0.05) is 29.8 Å². The van der Waals surface area contributed by atoms with Gasteiger partial charge < -0.3 is 13.6 Å². The molecular weight excluding hydrogens is 374 g/mol. The second kappa shape index (κ2) is 7.10. The first kappa shape index (κ1) is 17.0. The number of ether oxygens (including phenoxy) is 1. The Bertz CT molecular complexity index is 1190. The SMILES string of the molecule is CN(Cc1ccco1)Cc1coc2cc(Oc3nc4ncccc4s3)ccc12. The number of furan rings is 2. The number of fused-ring (bicyclic) bond motifs is 2. The van der Waals surface area contributed by atoms with Gasteiger partial charge in [-0.25, -0.2) is 4.98 Å². The second-order valence-corrected chi connectivity index (χ2v) is 7.57. The zero-order valence-corrected chi connectivity index (χ0v) is 16.0. The van der Waals surface area contributed by atoms with Crippen molar-refractivity contribution in [1.29, 1.82) is 0 Å². The van der Waals surface area contributed by atoms with E-state index in [0.29, 0.717) is 16.6 Å². The maximum atomic E-state index is 5.92. The van der Waals surface area contributed by atoms with E-state index < -0.39 is 0 Å². The van der Waals surface area contributed by atoms with Crippen LogP contribution in [0.2, 0.25) is 0 Å². The van der Waals surface area contributed by atoms with Crippen LogP contribution in [0.3, 0.4) is 0 Å². The Balaban J connectivity index is 1.34. The molecule has 6 nitrogen and oxygen atoms in total. The summed E-state index contributed by atoms with van der Waals surface area (Å²) in [6.45, 7) is 1.50. The van der Waals surface area contributed by atoms with Crippen molar-refractivity contribution in [2.45, 2.75) is 13.1 Å². The van der Waals surface area contributed by atoms with Crippen LogP contribution < -0.4 is 4.74 Å². The number of benzene rings is 1. The van der Waals surface area contributed by atoms with Crippen LogP contribution in [0.1, 0.15) is 11.3 Å². The fraction of sp³-hybridized carbons (Fsp3) is 0.143. The highest BCUT2D eigenvalue weighted by Gasteiger charge is 2.12. The largest absolute Gasteiger partial charge is 0.468 e. The standard InChI is InChI=1S/C21H17N3O3S/c1-24(12-16-4-3-9-25-16)11-14-13-26-18-10-15(6-7-17(14)18)27-21-23-20-19(28-21)5-2-8-22-20/h2-10,13H,11-12H2,1H3. The number of hydrogen-bond acceptors (Lipinski definition) is 7. The van der Waals surface area contributed by atoms with Crippen LogP contribution in [0.15, 0.2) is 70.0 Å². The van der Waals surface area contributed by atoms with E-state index in [9.17, 15) is 0 Å². The third-order valence-corrected chi connectivity index (χ3v) is 5.31. The quantitative estimate of drug-likeness (QED) is 0.383. The van der Waals surface area contributed by atoms with Crippen molar-refractivity contribution in [3.63, 3.8) is 0 Å². The number of nitrogens with zero attached hydrogens (tertiary/aromatic N) is 3. The molecule has 0 radical (unpaired) electrons. The summed E-state index contributed by atoms with van der Waals surface area (Å²) in [5, 5.41) is 1.64. The fourth-order valence-corrected chi connectivity index (χ4v) is 3.95. The second-order valence-electron chi connectivity index (χ2n) is 6.58. The van der Waals surface area contributed by atoms with Gasteiger partial charge in [0.25, 0.3) is 5.19 Å². The topological polar surface area (TPSA) is 64.5 Å². The van der Waals surface area contributed by atoms with Crippen LogP contribution in [0, 0.1) is 0 Å². The zero-order valence-electron chi connectivity index (χ0n) is 15.2. The summed E-state index contributed by atoms with van der Waals surface area (Å²) in [5.41, 5.74) is 2.61. The highest BCUT2D eigenvalue weighted by Crippen LogP contribution is 2.33. The van der Waals surface area contributed by atoms with Crippen molar-refractivity contribution in [2.24, 2.45) is 0 Å². The minimum atomic E-state index is 0.568. The zero-order chi connectivity index (χ0) is 18.9. The lowest BCUT2D eigenvalue weighted by molar-refractivity contribution is 0.287. The van der Waals surface area contributed by atoms with E-state index in [0.717, 1.165) is 40.1 Å². The van der Waals surface area contributed by atoms with Gasteiger partial charge in [0.05, 0.1) is 23.8 Å². The van der Waals surface area contributed by atoms with Crippen molar-refractivity contribution < 1.29 is 13.6 Å². The van der Waals surface area contributed by atoms with E-state index in [2.05, 4.69) is 21.9 Å². The molecule has 0 fully saturated rings. The molecule has 0 unspecified atom stereocenters. The van der Waals surface area contributed by atoms with E-state index in [1.54, 1.807) is 18.7 Å². The summed E-state index contributed by atoms with van der Waals surface area (Å²) >= 11 is 1.47. The normalized spacial score (nSPS) is 11.6. The summed E-state index contributed by atoms with van der Waals surface area (Å²) in [6.07, 6.45) is 5.22. The molecule has 0 aliphatic carbocycles. The summed E-state index contributed by atoms with van der Waals surface area (Å²) < 4.78 is 18.1. The highest BCUT2D eigenvalue weighted by atomic mass is 32.1. The molecular formula is C21H17N3O3S. The predicted molar refractivity (Wildman–Crippen MR) is 108 cm³/mol. The van der Waals surface area contributed by atoms with Gasteiger partial charge in [-0.2, -0.15) is 4.98 Å². The van der Waals surface area contributed by atoms with Crippen LogP contribution in [-0.4, -0.2) is 21.9 Å². The molecule has 0 amide bonds. The van der Waals surface area contributed by atoms with Gasteiger partial charge >= 0.3 is 0 Å². The van der Waals surface area contributed by atoms with Crippen LogP contribution in [-0.2, 0) is 13.1 Å². The molecule has 0 bridgehead atoms. The highest BCUT2D eigenvalue weighted by molar-refractivity contribution is 7.20. The van der Waals surface area contributed by atoms with Gasteiger partial charge in [0.1, 0.15) is 17.1 Å². The molecule has 7 heteroatoms. The first-order valence-electron chi connectivity index (χ1n) is 8.85. The van der Waals surface area contributed by atoms with Crippen molar-refractivity contribution in [2.75, 3.05) is 7.05 Å². The van der Waals surface area contributed by atoms with Crippen LogP contribution >= 0.6 is 11.3 Å². The Kier molecular flexibility index (Phi) is 4.31. The molecule has 140 valence electrons. The van der Waals surface area contributed by atoms with Crippen molar-refractivity contribution in [3.05, 3.63) is 72.5 Å². The smallest absolute Gasteiger partial charge is 0.281 e. The lowest BCUT2D eigenvalue weighted by Crippen LogP contribution is -2.16. The third kappa shape index (κ3) is 3.37. The first-order chi connectivity index (χ1) is 13.7. The maximum absolute atomic E-state index is 5.92. The monoisotopic (exact) mass is 391 g/mol.